The lowest BCUT2D eigenvalue weighted by Gasteiger charge is -2.28. The fraction of sp³-hybridized carbons (Fsp3) is 0.400. The third kappa shape index (κ3) is 3.10. The molecule has 0 unspecified atom stereocenters. The lowest BCUT2D eigenvalue weighted by molar-refractivity contribution is -0.0240. The Morgan fingerprint density at radius 2 is 2.12 bits per heavy atom. The first-order chi connectivity index (χ1) is 7.88. The van der Waals surface area contributed by atoms with E-state index in [0.29, 0.717) is 6.10 Å². The van der Waals surface area contributed by atoms with Gasteiger partial charge in [-0.25, -0.2) is 0 Å². The Balaban J connectivity index is 1.93. The minimum absolute atomic E-state index is 0.222. The number of rotatable bonds is 3. The third-order valence-electron chi connectivity index (χ3n) is 2.99. The van der Waals surface area contributed by atoms with Crippen molar-refractivity contribution in [1.82, 2.24) is 0 Å². The maximum absolute atomic E-state index is 5.97. The molecule has 1 aromatic rings. The normalized spacial score (nSPS) is 24.8. The Bertz CT molecular complexity index is 362. The Labute approximate surface area is 97.4 Å². The summed E-state index contributed by atoms with van der Waals surface area (Å²) in [6.07, 6.45) is 7.04. The van der Waals surface area contributed by atoms with E-state index in [1.54, 1.807) is 0 Å². The molecule has 1 nitrogen and oxygen atoms in total. The summed E-state index contributed by atoms with van der Waals surface area (Å²) in [5, 5.41) is 0. The van der Waals surface area contributed by atoms with Crippen LogP contribution in [0.2, 0.25) is 0 Å². The molecule has 1 aliphatic heterocycles. The van der Waals surface area contributed by atoms with Crippen molar-refractivity contribution in [1.29, 1.82) is 0 Å². The van der Waals surface area contributed by atoms with Gasteiger partial charge in [0, 0.05) is 0 Å². The number of hydrogen-bond acceptors (Lipinski definition) is 1. The van der Waals surface area contributed by atoms with Gasteiger partial charge in [0.25, 0.3) is 0 Å². The predicted molar refractivity (Wildman–Crippen MR) is 66.4 cm³/mol. The van der Waals surface area contributed by atoms with E-state index in [0.717, 1.165) is 19.3 Å². The first kappa shape index (κ1) is 11.2. The lowest BCUT2D eigenvalue weighted by Crippen LogP contribution is -2.27. The molecule has 0 spiro atoms. The molecule has 0 aromatic heterocycles. The number of ether oxygens (including phenoxy) is 1. The first-order valence-electron chi connectivity index (χ1n) is 5.94. The SMILES string of the molecule is C=C=C[C@@H]1CCC[C@@H](Cc2ccccc2)O1. The third-order valence-corrected chi connectivity index (χ3v) is 2.99. The average Bonchev–Trinajstić information content (AvgIpc) is 2.31. The Morgan fingerprint density at radius 1 is 1.31 bits per heavy atom. The first-order valence-corrected chi connectivity index (χ1v) is 5.94. The van der Waals surface area contributed by atoms with Crippen LogP contribution in [0.3, 0.4) is 0 Å². The molecule has 1 aliphatic rings. The van der Waals surface area contributed by atoms with Gasteiger partial charge in [-0.3, -0.25) is 0 Å². The van der Waals surface area contributed by atoms with Gasteiger partial charge in [0.15, 0.2) is 0 Å². The summed E-state index contributed by atoms with van der Waals surface area (Å²) in [4.78, 5) is 0. The van der Waals surface area contributed by atoms with Crippen molar-refractivity contribution in [2.45, 2.75) is 37.9 Å². The van der Waals surface area contributed by atoms with Crippen LogP contribution in [0.4, 0.5) is 0 Å². The molecule has 16 heavy (non-hydrogen) atoms. The van der Waals surface area contributed by atoms with Crippen LogP contribution in [-0.2, 0) is 11.2 Å². The average molecular weight is 214 g/mol. The molecule has 84 valence electrons. The Morgan fingerprint density at radius 3 is 2.88 bits per heavy atom. The highest BCUT2D eigenvalue weighted by Crippen LogP contribution is 2.22. The number of benzene rings is 1. The van der Waals surface area contributed by atoms with Crippen molar-refractivity contribution in [2.24, 2.45) is 0 Å². The minimum atomic E-state index is 0.222. The van der Waals surface area contributed by atoms with Crippen molar-refractivity contribution in [3.8, 4) is 0 Å². The molecule has 2 rings (SSSR count). The van der Waals surface area contributed by atoms with Crippen molar-refractivity contribution in [2.75, 3.05) is 0 Å². The quantitative estimate of drug-likeness (QED) is 0.700. The van der Waals surface area contributed by atoms with Crippen molar-refractivity contribution < 1.29 is 4.74 Å². The van der Waals surface area contributed by atoms with Gasteiger partial charge in [-0.15, -0.1) is 5.73 Å². The van der Waals surface area contributed by atoms with Crippen LogP contribution in [0.1, 0.15) is 24.8 Å². The highest BCUT2D eigenvalue weighted by atomic mass is 16.5. The molecule has 1 aromatic carbocycles. The van der Waals surface area contributed by atoms with E-state index in [1.807, 2.05) is 6.08 Å². The van der Waals surface area contributed by atoms with E-state index < -0.39 is 0 Å². The Hall–Kier alpha value is -1.30. The standard InChI is InChI=1S/C15H18O/c1-2-7-14-10-6-11-15(16-14)12-13-8-4-3-5-9-13/h3-5,7-9,14-15H,1,6,10-12H2/t14-,15+/m1/s1. The van der Waals surface area contributed by atoms with Crippen LogP contribution >= 0.6 is 0 Å². The van der Waals surface area contributed by atoms with E-state index in [-0.39, 0.29) is 6.10 Å². The van der Waals surface area contributed by atoms with Crippen LogP contribution in [0.25, 0.3) is 0 Å². The van der Waals surface area contributed by atoms with Crippen molar-refractivity contribution in [3.05, 3.63) is 54.3 Å². The van der Waals surface area contributed by atoms with Crippen LogP contribution in [-0.4, -0.2) is 12.2 Å². The summed E-state index contributed by atoms with van der Waals surface area (Å²) in [5.74, 6) is 0. The van der Waals surface area contributed by atoms with Gasteiger partial charge in [-0.2, -0.15) is 0 Å². The molecule has 0 amide bonds. The zero-order valence-corrected chi connectivity index (χ0v) is 9.56. The number of hydrogen-bond donors (Lipinski definition) is 0. The second-order valence-corrected chi connectivity index (χ2v) is 4.29. The fourth-order valence-electron chi connectivity index (χ4n) is 2.21. The van der Waals surface area contributed by atoms with E-state index in [1.165, 1.54) is 12.0 Å². The van der Waals surface area contributed by atoms with Gasteiger partial charge in [0.2, 0.25) is 0 Å². The summed E-state index contributed by atoms with van der Waals surface area (Å²) in [6, 6.07) is 10.5. The lowest BCUT2D eigenvalue weighted by atomic mass is 9.98. The van der Waals surface area contributed by atoms with Gasteiger partial charge in [0.1, 0.15) is 0 Å². The van der Waals surface area contributed by atoms with Crippen LogP contribution in [0, 0.1) is 0 Å². The molecule has 0 aliphatic carbocycles. The van der Waals surface area contributed by atoms with Gasteiger partial charge in [0.05, 0.1) is 12.2 Å². The smallest absolute Gasteiger partial charge is 0.0833 e. The highest BCUT2D eigenvalue weighted by molar-refractivity contribution is 5.15. The second-order valence-electron chi connectivity index (χ2n) is 4.29. The van der Waals surface area contributed by atoms with E-state index in [9.17, 15) is 0 Å². The van der Waals surface area contributed by atoms with Crippen LogP contribution < -0.4 is 0 Å². The van der Waals surface area contributed by atoms with Gasteiger partial charge >= 0.3 is 0 Å². The molecule has 1 fully saturated rings. The molecule has 0 N–H and O–H groups in total. The van der Waals surface area contributed by atoms with Crippen LogP contribution in [0.15, 0.2) is 48.7 Å². The van der Waals surface area contributed by atoms with Crippen LogP contribution in [0.5, 0.6) is 0 Å². The van der Waals surface area contributed by atoms with Crippen molar-refractivity contribution >= 4 is 0 Å². The fourth-order valence-corrected chi connectivity index (χ4v) is 2.21. The maximum Gasteiger partial charge on any atom is 0.0833 e. The van der Waals surface area contributed by atoms with E-state index in [2.05, 4.69) is 42.6 Å². The molecular weight excluding hydrogens is 196 g/mol. The van der Waals surface area contributed by atoms with Gasteiger partial charge < -0.3 is 4.74 Å². The second kappa shape index (κ2) is 5.69. The zero-order chi connectivity index (χ0) is 11.2. The summed E-state index contributed by atoms with van der Waals surface area (Å²) >= 11 is 0. The van der Waals surface area contributed by atoms with Crippen molar-refractivity contribution in [3.63, 3.8) is 0 Å². The minimum Gasteiger partial charge on any atom is -0.370 e. The van der Waals surface area contributed by atoms with Gasteiger partial charge in [-0.05, 0) is 37.3 Å². The molecule has 2 atom stereocenters. The summed E-state index contributed by atoms with van der Waals surface area (Å²) < 4.78 is 5.97. The highest BCUT2D eigenvalue weighted by Gasteiger charge is 2.20. The molecule has 1 saturated heterocycles. The molecule has 0 radical (unpaired) electrons. The maximum atomic E-state index is 5.97. The molecular formula is C15H18O. The molecule has 0 bridgehead atoms. The zero-order valence-electron chi connectivity index (χ0n) is 9.56. The summed E-state index contributed by atoms with van der Waals surface area (Å²) in [6.45, 7) is 3.60. The molecule has 1 heterocycles. The largest absolute Gasteiger partial charge is 0.370 e. The molecule has 1 heteroatoms. The summed E-state index contributed by atoms with van der Waals surface area (Å²) in [7, 11) is 0. The van der Waals surface area contributed by atoms with E-state index in [4.69, 9.17) is 4.74 Å². The predicted octanol–water partition coefficient (Wildman–Crippen LogP) is 3.51. The summed E-state index contributed by atoms with van der Waals surface area (Å²) in [5.41, 5.74) is 4.18. The molecule has 0 saturated carbocycles. The van der Waals surface area contributed by atoms with Gasteiger partial charge in [-0.1, -0.05) is 36.9 Å². The van der Waals surface area contributed by atoms with E-state index >= 15 is 0 Å². The monoisotopic (exact) mass is 214 g/mol. The Kier molecular flexibility index (Phi) is 3.98. The topological polar surface area (TPSA) is 9.23 Å².